The van der Waals surface area contributed by atoms with Gasteiger partial charge < -0.3 is 14.6 Å². The van der Waals surface area contributed by atoms with Crippen molar-refractivity contribution in [2.75, 3.05) is 12.4 Å². The molecule has 2 atom stereocenters. The molecule has 1 saturated carbocycles. The number of anilines is 1. The lowest BCUT2D eigenvalue weighted by molar-refractivity contribution is 0.101. The van der Waals surface area contributed by atoms with Crippen LogP contribution in [0.15, 0.2) is 17.2 Å². The maximum absolute atomic E-state index is 12.3. The zero-order valence-corrected chi connectivity index (χ0v) is 11.9. The second kappa shape index (κ2) is 6.19. The van der Waals surface area contributed by atoms with Gasteiger partial charge in [0.25, 0.3) is 5.56 Å². The highest BCUT2D eigenvalue weighted by Gasteiger charge is 2.27. The lowest BCUT2D eigenvalue weighted by atomic mass is 10.2. The molecular formula is C14H23N3O2. The molecule has 0 amide bonds. The van der Waals surface area contributed by atoms with Crippen LogP contribution in [0.2, 0.25) is 0 Å². The highest BCUT2D eigenvalue weighted by atomic mass is 16.5. The molecule has 5 nitrogen and oxygen atoms in total. The molecule has 5 heteroatoms. The zero-order chi connectivity index (χ0) is 13.8. The average molecular weight is 265 g/mol. The molecule has 2 unspecified atom stereocenters. The third-order valence-electron chi connectivity index (χ3n) is 3.55. The Morgan fingerprint density at radius 2 is 2.32 bits per heavy atom. The van der Waals surface area contributed by atoms with Crippen molar-refractivity contribution in [2.24, 2.45) is 5.92 Å². The van der Waals surface area contributed by atoms with Crippen LogP contribution in [-0.2, 0) is 11.3 Å². The van der Waals surface area contributed by atoms with Crippen molar-refractivity contribution in [2.45, 2.75) is 51.8 Å². The molecule has 1 aliphatic rings. The summed E-state index contributed by atoms with van der Waals surface area (Å²) in [6.07, 6.45) is 6.81. The molecule has 106 valence electrons. The van der Waals surface area contributed by atoms with Gasteiger partial charge in [-0.25, -0.2) is 4.98 Å². The van der Waals surface area contributed by atoms with E-state index in [1.54, 1.807) is 24.1 Å². The van der Waals surface area contributed by atoms with Gasteiger partial charge >= 0.3 is 0 Å². The van der Waals surface area contributed by atoms with Crippen molar-refractivity contribution in [1.29, 1.82) is 0 Å². The van der Waals surface area contributed by atoms with E-state index >= 15 is 0 Å². The van der Waals surface area contributed by atoms with E-state index in [2.05, 4.69) is 24.1 Å². The van der Waals surface area contributed by atoms with Crippen molar-refractivity contribution >= 4 is 5.82 Å². The predicted molar refractivity (Wildman–Crippen MR) is 75.4 cm³/mol. The predicted octanol–water partition coefficient (Wildman–Crippen LogP) is 1.88. The second-order valence-electron chi connectivity index (χ2n) is 5.58. The molecule has 2 rings (SSSR count). The zero-order valence-electron chi connectivity index (χ0n) is 11.9. The fourth-order valence-electron chi connectivity index (χ4n) is 2.63. The summed E-state index contributed by atoms with van der Waals surface area (Å²) in [5.74, 6) is 0.878. The molecule has 0 spiro atoms. The number of nitrogens with zero attached hydrogens (tertiary/aromatic N) is 2. The number of methoxy groups -OCH3 is 1. The molecule has 0 bridgehead atoms. The molecule has 0 saturated heterocycles. The average Bonchev–Trinajstić information content (AvgIpc) is 2.81. The summed E-state index contributed by atoms with van der Waals surface area (Å²) in [4.78, 5) is 16.5. The Kier molecular flexibility index (Phi) is 4.58. The van der Waals surface area contributed by atoms with Crippen LogP contribution < -0.4 is 10.9 Å². The third-order valence-corrected chi connectivity index (χ3v) is 3.55. The Morgan fingerprint density at radius 3 is 3.00 bits per heavy atom. The SMILES string of the molecule is COC1CCCC1Nc1nccn(CC(C)C)c1=O. The Hall–Kier alpha value is -1.36. The van der Waals surface area contributed by atoms with Gasteiger partial charge in [-0.15, -0.1) is 0 Å². The largest absolute Gasteiger partial charge is 0.379 e. The summed E-state index contributed by atoms with van der Waals surface area (Å²) in [5, 5.41) is 3.25. The third kappa shape index (κ3) is 3.35. The van der Waals surface area contributed by atoms with Gasteiger partial charge in [0.05, 0.1) is 12.1 Å². The summed E-state index contributed by atoms with van der Waals surface area (Å²) in [5.41, 5.74) is -0.0436. The van der Waals surface area contributed by atoms with E-state index in [4.69, 9.17) is 4.74 Å². The van der Waals surface area contributed by atoms with Gasteiger partial charge in [-0.2, -0.15) is 0 Å². The summed E-state index contributed by atoms with van der Waals surface area (Å²) in [6.45, 7) is 4.91. The summed E-state index contributed by atoms with van der Waals surface area (Å²) < 4.78 is 7.15. The van der Waals surface area contributed by atoms with E-state index in [9.17, 15) is 4.79 Å². The Labute approximate surface area is 114 Å². The minimum Gasteiger partial charge on any atom is -0.379 e. The van der Waals surface area contributed by atoms with Crippen LogP contribution in [0.5, 0.6) is 0 Å². The van der Waals surface area contributed by atoms with E-state index in [0.717, 1.165) is 19.3 Å². The molecule has 0 aromatic carbocycles. The number of rotatable bonds is 5. The molecule has 1 aliphatic carbocycles. The van der Waals surface area contributed by atoms with Gasteiger partial charge in [-0.1, -0.05) is 13.8 Å². The minimum absolute atomic E-state index is 0.0436. The molecule has 1 heterocycles. The van der Waals surface area contributed by atoms with Gasteiger partial charge in [0, 0.05) is 26.0 Å². The van der Waals surface area contributed by atoms with Gasteiger partial charge in [-0.3, -0.25) is 4.79 Å². The standard InChI is InChI=1S/C14H23N3O2/c1-10(2)9-17-8-7-15-13(14(17)18)16-11-5-4-6-12(11)19-3/h7-8,10-12H,4-6,9H2,1-3H3,(H,15,16). The van der Waals surface area contributed by atoms with Crippen LogP contribution in [0, 0.1) is 5.92 Å². The van der Waals surface area contributed by atoms with Gasteiger partial charge in [0.1, 0.15) is 0 Å². The lowest BCUT2D eigenvalue weighted by Gasteiger charge is -2.20. The lowest BCUT2D eigenvalue weighted by Crippen LogP contribution is -2.34. The summed E-state index contributed by atoms with van der Waals surface area (Å²) in [6, 6.07) is 0.195. The minimum atomic E-state index is -0.0436. The molecule has 1 fully saturated rings. The van der Waals surface area contributed by atoms with Crippen molar-refractivity contribution < 1.29 is 4.74 Å². The number of hydrogen-bond donors (Lipinski definition) is 1. The first-order valence-electron chi connectivity index (χ1n) is 6.96. The summed E-state index contributed by atoms with van der Waals surface area (Å²) >= 11 is 0. The van der Waals surface area contributed by atoms with E-state index in [-0.39, 0.29) is 17.7 Å². The molecule has 0 aliphatic heterocycles. The normalized spacial score (nSPS) is 22.9. The van der Waals surface area contributed by atoms with Crippen LogP contribution in [0.4, 0.5) is 5.82 Å². The Balaban J connectivity index is 2.14. The van der Waals surface area contributed by atoms with Crippen molar-refractivity contribution in [3.8, 4) is 0 Å². The maximum atomic E-state index is 12.3. The maximum Gasteiger partial charge on any atom is 0.293 e. The molecular weight excluding hydrogens is 242 g/mol. The van der Waals surface area contributed by atoms with Crippen LogP contribution in [0.1, 0.15) is 33.1 Å². The van der Waals surface area contributed by atoms with Crippen molar-refractivity contribution in [3.63, 3.8) is 0 Å². The summed E-state index contributed by atoms with van der Waals surface area (Å²) in [7, 11) is 1.72. The van der Waals surface area contributed by atoms with E-state index in [1.807, 2.05) is 0 Å². The van der Waals surface area contributed by atoms with E-state index in [1.165, 1.54) is 0 Å². The topological polar surface area (TPSA) is 56.1 Å². The first kappa shape index (κ1) is 14.1. The van der Waals surface area contributed by atoms with Crippen molar-refractivity contribution in [1.82, 2.24) is 9.55 Å². The number of ether oxygens (including phenoxy) is 1. The molecule has 0 radical (unpaired) electrons. The number of hydrogen-bond acceptors (Lipinski definition) is 4. The quantitative estimate of drug-likeness (QED) is 0.883. The second-order valence-corrected chi connectivity index (χ2v) is 5.58. The highest BCUT2D eigenvalue weighted by Crippen LogP contribution is 2.23. The molecule has 1 aromatic rings. The molecule has 1 N–H and O–H groups in total. The van der Waals surface area contributed by atoms with Gasteiger partial charge in [-0.05, 0) is 25.2 Å². The highest BCUT2D eigenvalue weighted by molar-refractivity contribution is 5.33. The van der Waals surface area contributed by atoms with E-state index in [0.29, 0.717) is 18.3 Å². The smallest absolute Gasteiger partial charge is 0.293 e. The first-order valence-corrected chi connectivity index (χ1v) is 6.96. The van der Waals surface area contributed by atoms with Crippen LogP contribution in [0.25, 0.3) is 0 Å². The van der Waals surface area contributed by atoms with Gasteiger partial charge in [0.2, 0.25) is 0 Å². The fourth-order valence-corrected chi connectivity index (χ4v) is 2.63. The Bertz CT molecular complexity index is 470. The number of nitrogens with one attached hydrogen (secondary N) is 1. The van der Waals surface area contributed by atoms with Crippen molar-refractivity contribution in [3.05, 3.63) is 22.7 Å². The Morgan fingerprint density at radius 1 is 1.53 bits per heavy atom. The first-order chi connectivity index (χ1) is 9.11. The molecule has 1 aromatic heterocycles. The van der Waals surface area contributed by atoms with Crippen LogP contribution in [-0.4, -0.2) is 28.8 Å². The van der Waals surface area contributed by atoms with Crippen LogP contribution in [0.3, 0.4) is 0 Å². The van der Waals surface area contributed by atoms with Crippen LogP contribution >= 0.6 is 0 Å². The van der Waals surface area contributed by atoms with Gasteiger partial charge in [0.15, 0.2) is 5.82 Å². The molecule has 19 heavy (non-hydrogen) atoms. The van der Waals surface area contributed by atoms with E-state index < -0.39 is 0 Å². The number of aromatic nitrogens is 2. The fraction of sp³-hybridized carbons (Fsp3) is 0.714. The monoisotopic (exact) mass is 265 g/mol.